The lowest BCUT2D eigenvalue weighted by Crippen LogP contribution is -2.00. The van der Waals surface area contributed by atoms with Crippen molar-refractivity contribution in [1.29, 1.82) is 0 Å². The first-order valence-electron chi connectivity index (χ1n) is 4.66. The molecule has 0 aliphatic carbocycles. The van der Waals surface area contributed by atoms with Crippen molar-refractivity contribution in [2.45, 2.75) is 13.8 Å². The number of imidazole rings is 1. The molecule has 0 saturated carbocycles. The van der Waals surface area contributed by atoms with Gasteiger partial charge in [0.1, 0.15) is 11.5 Å². The Bertz CT molecular complexity index is 485. The number of rotatable bonds is 2. The number of carbonyl (C=O) groups is 1. The van der Waals surface area contributed by atoms with Crippen LogP contribution in [0.1, 0.15) is 23.2 Å². The molecule has 2 rings (SSSR count). The Balaban J connectivity index is 2.40. The van der Waals surface area contributed by atoms with Gasteiger partial charge in [-0.1, -0.05) is 0 Å². The minimum Gasteiger partial charge on any atom is -0.302 e. The molecule has 0 aliphatic heterocycles. The van der Waals surface area contributed by atoms with Crippen molar-refractivity contribution in [3.63, 3.8) is 0 Å². The predicted molar refractivity (Wildman–Crippen MR) is 56.1 cm³/mol. The zero-order valence-corrected chi connectivity index (χ0v) is 8.64. The highest BCUT2D eigenvalue weighted by Gasteiger charge is 2.03. The molecule has 0 N–H and O–H groups in total. The van der Waals surface area contributed by atoms with E-state index in [-0.39, 0.29) is 5.78 Å². The molecule has 76 valence electrons. The Morgan fingerprint density at radius 3 is 2.60 bits per heavy atom. The highest BCUT2D eigenvalue weighted by Crippen LogP contribution is 2.09. The maximum Gasteiger partial charge on any atom is 0.178 e. The third-order valence-corrected chi connectivity index (χ3v) is 2.21. The number of hydrogen-bond acceptors (Lipinski definition) is 3. The van der Waals surface area contributed by atoms with Crippen LogP contribution in [0.15, 0.2) is 30.7 Å². The van der Waals surface area contributed by atoms with Crippen LogP contribution in [0.25, 0.3) is 5.69 Å². The molecule has 2 aromatic rings. The van der Waals surface area contributed by atoms with Gasteiger partial charge in [0.25, 0.3) is 0 Å². The molecule has 0 spiro atoms. The Morgan fingerprint density at radius 2 is 2.13 bits per heavy atom. The lowest BCUT2D eigenvalue weighted by molar-refractivity contribution is 0.101. The molecule has 0 fully saturated rings. The Morgan fingerprint density at radius 1 is 1.33 bits per heavy atom. The molecule has 4 heteroatoms. The van der Waals surface area contributed by atoms with Crippen molar-refractivity contribution in [2.75, 3.05) is 0 Å². The minimum absolute atomic E-state index is 0.0242. The van der Waals surface area contributed by atoms with E-state index in [4.69, 9.17) is 0 Å². The van der Waals surface area contributed by atoms with E-state index in [1.807, 2.05) is 23.8 Å². The van der Waals surface area contributed by atoms with Gasteiger partial charge in [-0.3, -0.25) is 9.78 Å². The number of aryl methyl sites for hydroxylation is 1. The quantitative estimate of drug-likeness (QED) is 0.696. The number of pyridine rings is 1. The summed E-state index contributed by atoms with van der Waals surface area (Å²) in [6, 6.07) is 3.58. The Kier molecular flexibility index (Phi) is 2.33. The first-order chi connectivity index (χ1) is 7.18. The maximum atomic E-state index is 11.0. The second kappa shape index (κ2) is 3.65. The van der Waals surface area contributed by atoms with Crippen molar-refractivity contribution < 1.29 is 4.79 Å². The summed E-state index contributed by atoms with van der Waals surface area (Å²) in [5.74, 6) is 0.872. The van der Waals surface area contributed by atoms with Gasteiger partial charge in [0, 0.05) is 19.3 Å². The average Bonchev–Trinajstić information content (AvgIpc) is 2.65. The topological polar surface area (TPSA) is 47.8 Å². The van der Waals surface area contributed by atoms with Crippen LogP contribution in [-0.2, 0) is 0 Å². The fourth-order valence-corrected chi connectivity index (χ4v) is 1.39. The number of ketones is 1. The van der Waals surface area contributed by atoms with E-state index in [1.165, 1.54) is 6.92 Å². The van der Waals surface area contributed by atoms with Crippen LogP contribution >= 0.6 is 0 Å². The number of Topliss-reactive ketones (excluding diaryl/α,β-unsaturated/α-hetero) is 1. The third-order valence-electron chi connectivity index (χ3n) is 2.21. The van der Waals surface area contributed by atoms with Gasteiger partial charge >= 0.3 is 0 Å². The van der Waals surface area contributed by atoms with Gasteiger partial charge in [-0.2, -0.15) is 0 Å². The van der Waals surface area contributed by atoms with Gasteiger partial charge in [0.2, 0.25) is 0 Å². The van der Waals surface area contributed by atoms with Crippen LogP contribution in [0.4, 0.5) is 0 Å². The summed E-state index contributed by atoms with van der Waals surface area (Å²) in [6.07, 6.45) is 5.26. The molecule has 2 heterocycles. The first kappa shape index (κ1) is 9.58. The predicted octanol–water partition coefficient (Wildman–Crippen LogP) is 1.78. The monoisotopic (exact) mass is 201 g/mol. The van der Waals surface area contributed by atoms with E-state index in [9.17, 15) is 4.79 Å². The molecule has 4 nitrogen and oxygen atoms in total. The second-order valence-electron chi connectivity index (χ2n) is 3.30. The molecule has 0 bridgehead atoms. The smallest absolute Gasteiger partial charge is 0.178 e. The van der Waals surface area contributed by atoms with Crippen LogP contribution in [0.2, 0.25) is 0 Å². The third kappa shape index (κ3) is 1.79. The van der Waals surface area contributed by atoms with Crippen molar-refractivity contribution >= 4 is 5.78 Å². The molecular weight excluding hydrogens is 190 g/mol. The Labute approximate surface area is 87.6 Å². The molecule has 15 heavy (non-hydrogen) atoms. The number of aromatic nitrogens is 3. The second-order valence-corrected chi connectivity index (χ2v) is 3.30. The molecule has 0 aliphatic rings. The van der Waals surface area contributed by atoms with E-state index < -0.39 is 0 Å². The van der Waals surface area contributed by atoms with Gasteiger partial charge in [-0.15, -0.1) is 0 Å². The van der Waals surface area contributed by atoms with Gasteiger partial charge in [0.15, 0.2) is 5.78 Å². The average molecular weight is 201 g/mol. The molecule has 0 unspecified atom stereocenters. The summed E-state index contributed by atoms with van der Waals surface area (Å²) in [6.45, 7) is 3.42. The van der Waals surface area contributed by atoms with Crippen molar-refractivity contribution in [3.8, 4) is 5.69 Å². The summed E-state index contributed by atoms with van der Waals surface area (Å²) in [5.41, 5.74) is 1.39. The molecule has 0 saturated heterocycles. The van der Waals surface area contributed by atoms with E-state index in [0.29, 0.717) is 5.69 Å². The lowest BCUT2D eigenvalue weighted by Gasteiger charge is -2.04. The van der Waals surface area contributed by atoms with Crippen molar-refractivity contribution in [3.05, 3.63) is 42.2 Å². The lowest BCUT2D eigenvalue weighted by atomic mass is 10.2. The molecule has 2 aromatic heterocycles. The van der Waals surface area contributed by atoms with Crippen LogP contribution < -0.4 is 0 Å². The normalized spacial score (nSPS) is 10.3. The zero-order chi connectivity index (χ0) is 10.8. The number of hydrogen-bond donors (Lipinski definition) is 0. The first-order valence-corrected chi connectivity index (χ1v) is 4.66. The molecule has 0 amide bonds. The number of carbonyl (C=O) groups excluding carboxylic acids is 1. The summed E-state index contributed by atoms with van der Waals surface area (Å²) in [5, 5.41) is 0. The van der Waals surface area contributed by atoms with Crippen molar-refractivity contribution in [2.24, 2.45) is 0 Å². The summed E-state index contributed by atoms with van der Waals surface area (Å²) >= 11 is 0. The standard InChI is InChI=1S/C11H11N3O/c1-8(15)11-4-3-10(7-13-11)14-6-5-12-9(14)2/h3-7H,1-2H3. The van der Waals surface area contributed by atoms with Crippen molar-refractivity contribution in [1.82, 2.24) is 14.5 Å². The Hall–Kier alpha value is -1.97. The van der Waals surface area contributed by atoms with Crippen LogP contribution in [-0.4, -0.2) is 20.3 Å². The van der Waals surface area contributed by atoms with E-state index in [0.717, 1.165) is 11.5 Å². The zero-order valence-electron chi connectivity index (χ0n) is 8.64. The summed E-state index contributed by atoms with van der Waals surface area (Å²) in [4.78, 5) is 19.2. The van der Waals surface area contributed by atoms with Gasteiger partial charge in [0.05, 0.1) is 11.9 Å². The largest absolute Gasteiger partial charge is 0.302 e. The van der Waals surface area contributed by atoms with E-state index in [2.05, 4.69) is 9.97 Å². The fraction of sp³-hybridized carbons (Fsp3) is 0.182. The van der Waals surface area contributed by atoms with E-state index in [1.54, 1.807) is 18.5 Å². The van der Waals surface area contributed by atoms with Crippen LogP contribution in [0, 0.1) is 6.92 Å². The summed E-state index contributed by atoms with van der Waals surface area (Å²) < 4.78 is 1.91. The number of nitrogens with zero attached hydrogens (tertiary/aromatic N) is 3. The maximum absolute atomic E-state index is 11.0. The minimum atomic E-state index is -0.0242. The molecule has 0 aromatic carbocycles. The van der Waals surface area contributed by atoms with Crippen LogP contribution in [0.3, 0.4) is 0 Å². The summed E-state index contributed by atoms with van der Waals surface area (Å²) in [7, 11) is 0. The molecule has 0 atom stereocenters. The SMILES string of the molecule is CC(=O)c1ccc(-n2ccnc2C)cn1. The highest BCUT2D eigenvalue weighted by atomic mass is 16.1. The molecule has 0 radical (unpaired) electrons. The van der Waals surface area contributed by atoms with E-state index >= 15 is 0 Å². The van der Waals surface area contributed by atoms with Gasteiger partial charge < -0.3 is 4.57 Å². The molecular formula is C11H11N3O. The fourth-order valence-electron chi connectivity index (χ4n) is 1.39. The van der Waals surface area contributed by atoms with Gasteiger partial charge in [-0.25, -0.2) is 4.98 Å². The van der Waals surface area contributed by atoms with Crippen LogP contribution in [0.5, 0.6) is 0 Å². The van der Waals surface area contributed by atoms with Gasteiger partial charge in [-0.05, 0) is 19.1 Å². The highest BCUT2D eigenvalue weighted by molar-refractivity contribution is 5.92.